The lowest BCUT2D eigenvalue weighted by molar-refractivity contribution is -0.120. The van der Waals surface area contributed by atoms with E-state index in [2.05, 4.69) is 16.2 Å². The quantitative estimate of drug-likeness (QED) is 0.516. The highest BCUT2D eigenvalue weighted by Gasteiger charge is 2.20. The van der Waals surface area contributed by atoms with Crippen molar-refractivity contribution in [3.63, 3.8) is 0 Å². The number of anilines is 1. The second-order valence-corrected chi connectivity index (χ2v) is 6.17. The van der Waals surface area contributed by atoms with Gasteiger partial charge in [-0.15, -0.1) is 0 Å². The Hall–Kier alpha value is -1.87. The van der Waals surface area contributed by atoms with Gasteiger partial charge >= 0.3 is 0 Å². The molecule has 9 heteroatoms. The summed E-state index contributed by atoms with van der Waals surface area (Å²) in [6.07, 6.45) is 1.04. The van der Waals surface area contributed by atoms with Gasteiger partial charge in [0.15, 0.2) is 5.11 Å². The van der Waals surface area contributed by atoms with Crippen LogP contribution in [0.25, 0.3) is 0 Å². The minimum Gasteiger partial charge on any atom is -0.364 e. The number of thiocarbonyl (C=S) groups is 1. The summed E-state index contributed by atoms with van der Waals surface area (Å²) >= 11 is 4.79. The van der Waals surface area contributed by atoms with Crippen LogP contribution in [-0.2, 0) is 14.8 Å². The maximum Gasteiger partial charge on any atom is 0.259 e. The highest BCUT2D eigenvalue weighted by molar-refractivity contribution is 7.92. The smallest absolute Gasteiger partial charge is 0.259 e. The number of benzene rings is 1. The Balaban J connectivity index is 2.78. The standard InChI is InChI=1S/C11H16N4O3S2/c1-12-11(19)14-13-10(16)8-15(20(2,17)18)9-6-4-3-5-7-9/h3-7H,8H2,1-2H3,(H,13,16)(H2,12,14,19). The predicted molar refractivity (Wildman–Crippen MR) is 81.6 cm³/mol. The summed E-state index contributed by atoms with van der Waals surface area (Å²) in [6, 6.07) is 8.37. The first-order valence-corrected chi connectivity index (χ1v) is 7.89. The summed E-state index contributed by atoms with van der Waals surface area (Å²) in [7, 11) is -1.97. The van der Waals surface area contributed by atoms with Crippen molar-refractivity contribution in [2.24, 2.45) is 0 Å². The molecule has 1 aromatic rings. The van der Waals surface area contributed by atoms with Crippen molar-refractivity contribution in [3.8, 4) is 0 Å². The monoisotopic (exact) mass is 316 g/mol. The van der Waals surface area contributed by atoms with Gasteiger partial charge in [0.05, 0.1) is 11.9 Å². The molecule has 0 heterocycles. The molecule has 0 atom stereocenters. The molecule has 0 saturated carbocycles. The van der Waals surface area contributed by atoms with Gasteiger partial charge in [0.25, 0.3) is 5.91 Å². The van der Waals surface area contributed by atoms with Crippen molar-refractivity contribution >= 4 is 38.9 Å². The lowest BCUT2D eigenvalue weighted by Crippen LogP contribution is -2.49. The van der Waals surface area contributed by atoms with Gasteiger partial charge in [-0.25, -0.2) is 8.42 Å². The van der Waals surface area contributed by atoms with E-state index in [4.69, 9.17) is 12.2 Å². The van der Waals surface area contributed by atoms with E-state index >= 15 is 0 Å². The summed E-state index contributed by atoms with van der Waals surface area (Å²) in [4.78, 5) is 11.7. The summed E-state index contributed by atoms with van der Waals surface area (Å²) < 4.78 is 24.5. The van der Waals surface area contributed by atoms with Crippen LogP contribution in [0.5, 0.6) is 0 Å². The fourth-order valence-electron chi connectivity index (χ4n) is 1.35. The maximum absolute atomic E-state index is 11.7. The third-order valence-electron chi connectivity index (χ3n) is 2.27. The van der Waals surface area contributed by atoms with Gasteiger partial charge in [0.2, 0.25) is 10.0 Å². The molecule has 0 unspecified atom stereocenters. The van der Waals surface area contributed by atoms with Gasteiger partial charge in [-0.05, 0) is 24.4 Å². The molecule has 0 radical (unpaired) electrons. The van der Waals surface area contributed by atoms with E-state index in [1.165, 1.54) is 0 Å². The van der Waals surface area contributed by atoms with E-state index in [0.29, 0.717) is 5.69 Å². The number of rotatable bonds is 4. The molecule has 0 aliphatic rings. The number of hydrogen-bond donors (Lipinski definition) is 3. The van der Waals surface area contributed by atoms with Crippen LogP contribution in [0.2, 0.25) is 0 Å². The summed E-state index contributed by atoms with van der Waals surface area (Å²) in [5, 5.41) is 2.84. The zero-order valence-corrected chi connectivity index (χ0v) is 12.7. The van der Waals surface area contributed by atoms with E-state index in [1.807, 2.05) is 0 Å². The summed E-state index contributed by atoms with van der Waals surface area (Å²) in [6.45, 7) is -0.345. The van der Waals surface area contributed by atoms with Gasteiger partial charge in [0.1, 0.15) is 6.54 Å². The second kappa shape index (κ2) is 7.06. The lowest BCUT2D eigenvalue weighted by Gasteiger charge is -2.21. The normalized spacial score (nSPS) is 10.5. The number of nitrogens with one attached hydrogen (secondary N) is 3. The van der Waals surface area contributed by atoms with E-state index in [0.717, 1.165) is 10.6 Å². The Bertz CT molecular complexity index is 575. The molecule has 0 spiro atoms. The molecule has 20 heavy (non-hydrogen) atoms. The van der Waals surface area contributed by atoms with E-state index < -0.39 is 15.9 Å². The topological polar surface area (TPSA) is 90.5 Å². The first kappa shape index (κ1) is 16.2. The molecule has 110 valence electrons. The lowest BCUT2D eigenvalue weighted by atomic mass is 10.3. The van der Waals surface area contributed by atoms with Gasteiger partial charge in [0, 0.05) is 7.05 Å². The Morgan fingerprint density at radius 3 is 2.35 bits per heavy atom. The average Bonchev–Trinajstić information content (AvgIpc) is 2.41. The van der Waals surface area contributed by atoms with E-state index in [-0.39, 0.29) is 11.7 Å². The summed E-state index contributed by atoms with van der Waals surface area (Å²) in [5.74, 6) is -0.531. The van der Waals surface area contributed by atoms with Crippen LogP contribution in [-0.4, -0.2) is 39.3 Å². The molecule has 0 aromatic heterocycles. The van der Waals surface area contributed by atoms with Crippen molar-refractivity contribution in [1.29, 1.82) is 0 Å². The third kappa shape index (κ3) is 5.02. The van der Waals surface area contributed by atoms with Crippen LogP contribution in [0.15, 0.2) is 30.3 Å². The molecule has 3 N–H and O–H groups in total. The van der Waals surface area contributed by atoms with Gasteiger partial charge in [-0.2, -0.15) is 0 Å². The van der Waals surface area contributed by atoms with Crippen molar-refractivity contribution in [3.05, 3.63) is 30.3 Å². The number of carbonyl (C=O) groups excluding carboxylic acids is 1. The molecule has 0 aliphatic heterocycles. The Labute approximate surface area is 123 Å². The van der Waals surface area contributed by atoms with Crippen LogP contribution in [0.1, 0.15) is 0 Å². The molecule has 1 aromatic carbocycles. The zero-order chi connectivity index (χ0) is 15.2. The van der Waals surface area contributed by atoms with Crippen LogP contribution < -0.4 is 20.5 Å². The molecule has 7 nitrogen and oxygen atoms in total. The molecular weight excluding hydrogens is 300 g/mol. The Kier molecular flexibility index (Phi) is 5.71. The fraction of sp³-hybridized carbons (Fsp3) is 0.273. The van der Waals surface area contributed by atoms with Crippen LogP contribution in [0.3, 0.4) is 0 Å². The van der Waals surface area contributed by atoms with Gasteiger partial charge < -0.3 is 5.32 Å². The minimum atomic E-state index is -3.56. The Morgan fingerprint density at radius 2 is 1.85 bits per heavy atom. The van der Waals surface area contributed by atoms with Gasteiger partial charge in [-0.1, -0.05) is 18.2 Å². The predicted octanol–water partition coefficient (Wildman–Crippen LogP) is -0.422. The third-order valence-corrected chi connectivity index (χ3v) is 3.72. The fourth-order valence-corrected chi connectivity index (χ4v) is 2.26. The van der Waals surface area contributed by atoms with Crippen molar-refractivity contribution < 1.29 is 13.2 Å². The number of sulfonamides is 1. The van der Waals surface area contributed by atoms with Crippen molar-refractivity contribution in [2.75, 3.05) is 24.2 Å². The Morgan fingerprint density at radius 1 is 1.25 bits per heavy atom. The van der Waals surface area contributed by atoms with Crippen LogP contribution >= 0.6 is 12.2 Å². The maximum atomic E-state index is 11.7. The number of hydrogen-bond acceptors (Lipinski definition) is 4. The molecule has 0 saturated heterocycles. The highest BCUT2D eigenvalue weighted by Crippen LogP contribution is 2.15. The SMILES string of the molecule is CNC(=S)NNC(=O)CN(c1ccccc1)S(C)(=O)=O. The summed E-state index contributed by atoms with van der Waals surface area (Å²) in [5.41, 5.74) is 5.16. The zero-order valence-electron chi connectivity index (χ0n) is 11.1. The van der Waals surface area contributed by atoms with Crippen LogP contribution in [0, 0.1) is 0 Å². The number of para-hydroxylation sites is 1. The average molecular weight is 316 g/mol. The first-order chi connectivity index (χ1) is 9.34. The van der Waals surface area contributed by atoms with Crippen molar-refractivity contribution in [2.45, 2.75) is 0 Å². The first-order valence-electron chi connectivity index (χ1n) is 5.64. The van der Waals surface area contributed by atoms with E-state index in [9.17, 15) is 13.2 Å². The molecule has 1 rings (SSSR count). The molecule has 0 fully saturated rings. The van der Waals surface area contributed by atoms with Gasteiger partial charge in [-0.3, -0.25) is 20.0 Å². The van der Waals surface area contributed by atoms with E-state index in [1.54, 1.807) is 37.4 Å². The van der Waals surface area contributed by atoms with Crippen molar-refractivity contribution in [1.82, 2.24) is 16.2 Å². The molecular formula is C11H16N4O3S2. The highest BCUT2D eigenvalue weighted by atomic mass is 32.2. The molecule has 0 aliphatic carbocycles. The largest absolute Gasteiger partial charge is 0.364 e. The molecule has 0 bridgehead atoms. The number of hydrazine groups is 1. The number of carbonyl (C=O) groups is 1. The minimum absolute atomic E-state index is 0.226. The number of amides is 1. The molecule has 1 amide bonds. The van der Waals surface area contributed by atoms with Crippen LogP contribution in [0.4, 0.5) is 5.69 Å². The number of nitrogens with zero attached hydrogens (tertiary/aromatic N) is 1. The second-order valence-electron chi connectivity index (χ2n) is 3.86.